The van der Waals surface area contributed by atoms with Gasteiger partial charge in [0.1, 0.15) is 12.2 Å². The van der Waals surface area contributed by atoms with E-state index in [1.807, 2.05) is 0 Å². The lowest BCUT2D eigenvalue weighted by molar-refractivity contribution is -0.385. The van der Waals surface area contributed by atoms with Gasteiger partial charge in [-0.2, -0.15) is 0 Å². The first-order valence-corrected chi connectivity index (χ1v) is 8.67. The van der Waals surface area contributed by atoms with Gasteiger partial charge in [0, 0.05) is 11.6 Å². The molecule has 0 bridgehead atoms. The molecule has 2 N–H and O–H groups in total. The first kappa shape index (κ1) is 21.3. The second-order valence-electron chi connectivity index (χ2n) is 5.68. The monoisotopic (exact) mass is 397 g/mol. The zero-order chi connectivity index (χ0) is 21.2. The van der Waals surface area contributed by atoms with Crippen molar-refractivity contribution in [1.82, 2.24) is 10.6 Å². The maximum Gasteiger partial charge on any atom is 0.325 e. The quantitative estimate of drug-likeness (QED) is 0.304. The molecule has 9 nitrogen and oxygen atoms in total. The molecular weight excluding hydrogens is 378 g/mol. The van der Waals surface area contributed by atoms with Crippen LogP contribution < -0.4 is 10.6 Å². The molecule has 0 aliphatic rings. The van der Waals surface area contributed by atoms with Crippen LogP contribution >= 0.6 is 0 Å². The van der Waals surface area contributed by atoms with Crippen LogP contribution in [-0.4, -0.2) is 35.9 Å². The Morgan fingerprint density at radius 2 is 1.72 bits per heavy atom. The lowest BCUT2D eigenvalue weighted by atomic mass is 10.1. The predicted octanol–water partition coefficient (Wildman–Crippen LogP) is 2.04. The summed E-state index contributed by atoms with van der Waals surface area (Å²) >= 11 is 0. The van der Waals surface area contributed by atoms with Gasteiger partial charge < -0.3 is 15.4 Å². The van der Waals surface area contributed by atoms with Crippen molar-refractivity contribution in [2.75, 3.05) is 13.2 Å². The van der Waals surface area contributed by atoms with E-state index in [9.17, 15) is 24.5 Å². The van der Waals surface area contributed by atoms with Crippen molar-refractivity contribution in [3.05, 3.63) is 81.5 Å². The number of nitrogens with zero attached hydrogens (tertiary/aromatic N) is 1. The Morgan fingerprint density at radius 1 is 1.07 bits per heavy atom. The van der Waals surface area contributed by atoms with Crippen LogP contribution in [-0.2, 0) is 14.3 Å². The van der Waals surface area contributed by atoms with Crippen LogP contribution in [0.2, 0.25) is 0 Å². The number of nitro groups is 1. The third-order valence-electron chi connectivity index (χ3n) is 3.66. The molecule has 0 saturated heterocycles. The van der Waals surface area contributed by atoms with Crippen molar-refractivity contribution in [2.24, 2.45) is 0 Å². The van der Waals surface area contributed by atoms with E-state index < -0.39 is 29.3 Å². The molecule has 29 heavy (non-hydrogen) atoms. The second-order valence-corrected chi connectivity index (χ2v) is 5.68. The molecule has 0 saturated carbocycles. The second kappa shape index (κ2) is 10.4. The SMILES string of the molecule is CCOC(=O)CNC(=O)C(=Cc1ccccc1[N+](=O)[O-])NC(=O)c1ccccc1. The number of hydrogen-bond donors (Lipinski definition) is 2. The van der Waals surface area contributed by atoms with Gasteiger partial charge in [0.05, 0.1) is 17.1 Å². The fraction of sp³-hybridized carbons (Fsp3) is 0.150. The Labute approximate surface area is 166 Å². The molecule has 2 aromatic rings. The fourth-order valence-corrected chi connectivity index (χ4v) is 2.33. The zero-order valence-corrected chi connectivity index (χ0v) is 15.6. The highest BCUT2D eigenvalue weighted by atomic mass is 16.6. The maximum absolute atomic E-state index is 12.5. The summed E-state index contributed by atoms with van der Waals surface area (Å²) in [4.78, 5) is 47.1. The Balaban J connectivity index is 2.32. The van der Waals surface area contributed by atoms with Crippen LogP contribution in [0.25, 0.3) is 6.08 Å². The Kier molecular flexibility index (Phi) is 7.60. The molecule has 150 valence electrons. The summed E-state index contributed by atoms with van der Waals surface area (Å²) in [6.07, 6.45) is 1.18. The third kappa shape index (κ3) is 6.28. The van der Waals surface area contributed by atoms with Crippen LogP contribution in [0.15, 0.2) is 60.3 Å². The molecule has 2 amide bonds. The van der Waals surface area contributed by atoms with Gasteiger partial charge in [-0.05, 0) is 31.2 Å². The number of carbonyl (C=O) groups excluding carboxylic acids is 3. The highest BCUT2D eigenvalue weighted by Gasteiger charge is 2.18. The highest BCUT2D eigenvalue weighted by Crippen LogP contribution is 2.20. The van der Waals surface area contributed by atoms with E-state index in [0.29, 0.717) is 5.56 Å². The lowest BCUT2D eigenvalue weighted by Crippen LogP contribution is -2.37. The normalized spacial score (nSPS) is 10.7. The summed E-state index contributed by atoms with van der Waals surface area (Å²) in [5.74, 6) is -2.03. The molecule has 0 atom stereocenters. The average Bonchev–Trinajstić information content (AvgIpc) is 2.72. The van der Waals surface area contributed by atoms with E-state index >= 15 is 0 Å². The van der Waals surface area contributed by atoms with Gasteiger partial charge >= 0.3 is 5.97 Å². The Bertz CT molecular complexity index is 940. The van der Waals surface area contributed by atoms with Crippen LogP contribution in [0.3, 0.4) is 0 Å². The number of nitro benzene ring substituents is 1. The van der Waals surface area contributed by atoms with Gasteiger partial charge in [-0.25, -0.2) is 0 Å². The Morgan fingerprint density at radius 3 is 2.38 bits per heavy atom. The van der Waals surface area contributed by atoms with Crippen molar-refractivity contribution in [3.63, 3.8) is 0 Å². The number of amides is 2. The number of esters is 1. The topological polar surface area (TPSA) is 128 Å². The summed E-state index contributed by atoms with van der Waals surface area (Å²) in [7, 11) is 0. The minimum atomic E-state index is -0.791. The minimum Gasteiger partial charge on any atom is -0.465 e. The summed E-state index contributed by atoms with van der Waals surface area (Å²) in [5.41, 5.74) is -0.0825. The molecular formula is C20H19N3O6. The van der Waals surface area contributed by atoms with E-state index in [4.69, 9.17) is 4.74 Å². The minimum absolute atomic E-state index is 0.118. The van der Waals surface area contributed by atoms with E-state index in [0.717, 1.165) is 0 Å². The molecule has 0 aliphatic carbocycles. The van der Waals surface area contributed by atoms with Crippen LogP contribution in [0, 0.1) is 10.1 Å². The van der Waals surface area contributed by atoms with Crippen molar-refractivity contribution in [1.29, 1.82) is 0 Å². The molecule has 2 rings (SSSR count). The molecule has 0 spiro atoms. The molecule has 9 heteroatoms. The summed E-state index contributed by atoms with van der Waals surface area (Å²) in [6, 6.07) is 13.9. The van der Waals surface area contributed by atoms with Crippen molar-refractivity contribution < 1.29 is 24.0 Å². The van der Waals surface area contributed by atoms with Crippen LogP contribution in [0.1, 0.15) is 22.8 Å². The molecule has 0 fully saturated rings. The third-order valence-corrected chi connectivity index (χ3v) is 3.66. The van der Waals surface area contributed by atoms with Gasteiger partial charge in [-0.1, -0.05) is 30.3 Å². The number of para-hydroxylation sites is 1. The molecule has 0 aliphatic heterocycles. The number of benzene rings is 2. The van der Waals surface area contributed by atoms with Crippen LogP contribution in [0.5, 0.6) is 0 Å². The number of ether oxygens (including phenoxy) is 1. The first-order chi connectivity index (χ1) is 13.9. The van der Waals surface area contributed by atoms with Gasteiger partial charge in [0.15, 0.2) is 0 Å². The van der Waals surface area contributed by atoms with E-state index in [-0.39, 0.29) is 23.6 Å². The maximum atomic E-state index is 12.5. The Hall–Kier alpha value is -4.01. The standard InChI is InChI=1S/C20H19N3O6/c1-2-29-18(24)13-21-20(26)16(22-19(25)14-8-4-3-5-9-14)12-15-10-6-7-11-17(15)23(27)28/h3-12H,2,13H2,1H3,(H,21,26)(H,22,25). The summed E-state index contributed by atoms with van der Waals surface area (Å²) < 4.78 is 4.74. The van der Waals surface area contributed by atoms with Gasteiger partial charge in [0.25, 0.3) is 17.5 Å². The van der Waals surface area contributed by atoms with E-state index in [1.54, 1.807) is 43.3 Å². The predicted molar refractivity (Wildman–Crippen MR) is 105 cm³/mol. The fourth-order valence-electron chi connectivity index (χ4n) is 2.33. The van der Waals surface area contributed by atoms with Crippen LogP contribution in [0.4, 0.5) is 5.69 Å². The van der Waals surface area contributed by atoms with E-state index in [2.05, 4.69) is 10.6 Å². The van der Waals surface area contributed by atoms with E-state index in [1.165, 1.54) is 24.3 Å². The number of nitrogens with one attached hydrogen (secondary N) is 2. The molecule has 2 aromatic carbocycles. The smallest absolute Gasteiger partial charge is 0.325 e. The largest absolute Gasteiger partial charge is 0.465 e. The number of carbonyl (C=O) groups is 3. The highest BCUT2D eigenvalue weighted by molar-refractivity contribution is 6.06. The molecule has 0 heterocycles. The van der Waals surface area contributed by atoms with Crippen molar-refractivity contribution in [2.45, 2.75) is 6.92 Å². The first-order valence-electron chi connectivity index (χ1n) is 8.67. The average molecular weight is 397 g/mol. The number of hydrogen-bond acceptors (Lipinski definition) is 6. The molecule has 0 radical (unpaired) electrons. The van der Waals surface area contributed by atoms with Gasteiger partial charge in [-0.3, -0.25) is 24.5 Å². The van der Waals surface area contributed by atoms with Crippen molar-refractivity contribution >= 4 is 29.5 Å². The number of rotatable bonds is 8. The molecule has 0 aromatic heterocycles. The van der Waals surface area contributed by atoms with Gasteiger partial charge in [0.2, 0.25) is 0 Å². The zero-order valence-electron chi connectivity index (χ0n) is 15.6. The summed E-state index contributed by atoms with van der Waals surface area (Å²) in [6.45, 7) is 1.36. The van der Waals surface area contributed by atoms with Gasteiger partial charge in [-0.15, -0.1) is 0 Å². The molecule has 0 unspecified atom stereocenters. The lowest BCUT2D eigenvalue weighted by Gasteiger charge is -2.11. The van der Waals surface area contributed by atoms with Crippen molar-refractivity contribution in [3.8, 4) is 0 Å². The summed E-state index contributed by atoms with van der Waals surface area (Å²) in [5, 5.41) is 16.0.